The molecule has 3 aromatic rings. The molecule has 29 heavy (non-hydrogen) atoms. The van der Waals surface area contributed by atoms with Crippen LogP contribution in [0.1, 0.15) is 31.9 Å². The molecule has 3 N–H and O–H groups in total. The second kappa shape index (κ2) is 8.59. The average Bonchev–Trinajstić information content (AvgIpc) is 3.02. The molecule has 0 atom stereocenters. The number of carbonyl (C=O) groups excluding carboxylic acids is 1. The minimum absolute atomic E-state index is 0.0791. The Morgan fingerprint density at radius 2 is 1.86 bits per heavy atom. The Hall–Kier alpha value is -2.32. The minimum Gasteiger partial charge on any atom is -0.335 e. The number of rotatable bonds is 5. The molecular weight excluding hydrogens is 450 g/mol. The van der Waals surface area contributed by atoms with E-state index in [1.54, 1.807) is 0 Å². The second-order valence-electron chi connectivity index (χ2n) is 7.82. The number of amides is 1. The molecule has 6 nitrogen and oxygen atoms in total. The maximum atomic E-state index is 12.3. The predicted octanol–water partition coefficient (Wildman–Crippen LogP) is 4.76. The SMILES string of the molecule is Cc1ccc(NC(=O)CSc2nnc(-c3ccc(C(C)(C)C)cc3)n2N)c(Br)c1. The third kappa shape index (κ3) is 5.19. The van der Waals surface area contributed by atoms with E-state index < -0.39 is 0 Å². The van der Waals surface area contributed by atoms with E-state index in [9.17, 15) is 4.79 Å². The smallest absolute Gasteiger partial charge is 0.234 e. The van der Waals surface area contributed by atoms with E-state index in [4.69, 9.17) is 5.84 Å². The Bertz CT molecular complexity index is 1020. The van der Waals surface area contributed by atoms with Crippen LogP contribution in [0.3, 0.4) is 0 Å². The molecule has 0 bridgehead atoms. The van der Waals surface area contributed by atoms with Crippen molar-refractivity contribution in [2.75, 3.05) is 16.9 Å². The number of nitrogen functional groups attached to an aromatic ring is 1. The lowest BCUT2D eigenvalue weighted by atomic mass is 9.87. The highest BCUT2D eigenvalue weighted by molar-refractivity contribution is 9.10. The molecule has 0 saturated heterocycles. The molecule has 0 unspecified atom stereocenters. The summed E-state index contributed by atoms with van der Waals surface area (Å²) in [5, 5.41) is 11.7. The van der Waals surface area contributed by atoms with Crippen molar-refractivity contribution in [3.8, 4) is 11.4 Å². The number of nitrogens with zero attached hydrogens (tertiary/aromatic N) is 3. The Labute approximate surface area is 183 Å². The van der Waals surface area contributed by atoms with Crippen LogP contribution in [0, 0.1) is 6.92 Å². The summed E-state index contributed by atoms with van der Waals surface area (Å²) in [6.07, 6.45) is 0. The van der Waals surface area contributed by atoms with Crippen molar-refractivity contribution in [1.29, 1.82) is 0 Å². The number of nitrogens with two attached hydrogens (primary N) is 1. The van der Waals surface area contributed by atoms with Crippen LogP contribution in [-0.4, -0.2) is 26.5 Å². The second-order valence-corrected chi connectivity index (χ2v) is 9.62. The zero-order chi connectivity index (χ0) is 21.2. The molecule has 0 saturated carbocycles. The monoisotopic (exact) mass is 473 g/mol. The van der Waals surface area contributed by atoms with Gasteiger partial charge < -0.3 is 11.2 Å². The fourth-order valence-electron chi connectivity index (χ4n) is 2.73. The molecule has 0 aliphatic heterocycles. The summed E-state index contributed by atoms with van der Waals surface area (Å²) in [5.41, 5.74) is 4.04. The van der Waals surface area contributed by atoms with E-state index in [1.165, 1.54) is 22.0 Å². The zero-order valence-electron chi connectivity index (χ0n) is 16.9. The van der Waals surface area contributed by atoms with E-state index >= 15 is 0 Å². The van der Waals surface area contributed by atoms with E-state index in [0.29, 0.717) is 11.0 Å². The summed E-state index contributed by atoms with van der Waals surface area (Å²) < 4.78 is 2.27. The van der Waals surface area contributed by atoms with Gasteiger partial charge in [0.15, 0.2) is 5.82 Å². The van der Waals surface area contributed by atoms with Gasteiger partial charge >= 0.3 is 0 Å². The molecule has 8 heteroatoms. The molecule has 1 amide bonds. The van der Waals surface area contributed by atoms with Gasteiger partial charge in [0.25, 0.3) is 0 Å². The van der Waals surface area contributed by atoms with E-state index in [2.05, 4.69) is 64.3 Å². The number of nitrogens with one attached hydrogen (secondary N) is 1. The van der Waals surface area contributed by atoms with Gasteiger partial charge in [0.05, 0.1) is 11.4 Å². The van der Waals surface area contributed by atoms with Gasteiger partial charge in [-0.3, -0.25) is 4.79 Å². The fraction of sp³-hybridized carbons (Fsp3) is 0.286. The van der Waals surface area contributed by atoms with Gasteiger partial charge in [-0.25, -0.2) is 4.68 Å². The minimum atomic E-state index is -0.140. The van der Waals surface area contributed by atoms with Gasteiger partial charge in [-0.05, 0) is 51.5 Å². The van der Waals surface area contributed by atoms with Crippen LogP contribution in [0.5, 0.6) is 0 Å². The predicted molar refractivity (Wildman–Crippen MR) is 123 cm³/mol. The molecule has 2 aromatic carbocycles. The third-order valence-electron chi connectivity index (χ3n) is 4.40. The lowest BCUT2D eigenvalue weighted by molar-refractivity contribution is -0.113. The maximum Gasteiger partial charge on any atom is 0.234 e. The van der Waals surface area contributed by atoms with Crippen molar-refractivity contribution in [3.05, 3.63) is 58.1 Å². The van der Waals surface area contributed by atoms with Crippen molar-refractivity contribution in [2.24, 2.45) is 0 Å². The molecule has 0 aliphatic rings. The number of aryl methyl sites for hydroxylation is 1. The topological polar surface area (TPSA) is 85.8 Å². The van der Waals surface area contributed by atoms with Crippen molar-refractivity contribution >= 4 is 39.3 Å². The normalized spacial score (nSPS) is 11.5. The summed E-state index contributed by atoms with van der Waals surface area (Å²) >= 11 is 4.70. The van der Waals surface area contributed by atoms with Gasteiger partial charge in [0, 0.05) is 10.0 Å². The number of thioether (sulfide) groups is 1. The number of benzene rings is 2. The summed E-state index contributed by atoms with van der Waals surface area (Å²) in [6.45, 7) is 8.50. The molecule has 0 spiro atoms. The molecule has 0 aliphatic carbocycles. The van der Waals surface area contributed by atoms with Gasteiger partial charge in [-0.2, -0.15) is 0 Å². The van der Waals surface area contributed by atoms with Crippen LogP contribution < -0.4 is 11.2 Å². The first-order valence-corrected chi connectivity index (χ1v) is 10.9. The summed E-state index contributed by atoms with van der Waals surface area (Å²) in [5.74, 6) is 6.77. The van der Waals surface area contributed by atoms with E-state index in [-0.39, 0.29) is 17.1 Å². The standard InChI is InChI=1S/C21H24BrN5OS/c1-13-5-10-17(16(22)11-13)24-18(28)12-29-20-26-25-19(27(20)23)14-6-8-15(9-7-14)21(2,3)4/h5-11H,12,23H2,1-4H3,(H,24,28). The maximum absolute atomic E-state index is 12.3. The number of hydrogen-bond acceptors (Lipinski definition) is 5. The molecule has 1 aromatic heterocycles. The number of halogens is 1. The average molecular weight is 474 g/mol. The first kappa shape index (κ1) is 21.4. The number of aromatic nitrogens is 3. The Morgan fingerprint density at radius 3 is 2.48 bits per heavy atom. The molecule has 152 valence electrons. The number of hydrogen-bond donors (Lipinski definition) is 2. The van der Waals surface area contributed by atoms with Crippen LogP contribution in [0.15, 0.2) is 52.1 Å². The number of anilines is 1. The highest BCUT2D eigenvalue weighted by Gasteiger charge is 2.17. The van der Waals surface area contributed by atoms with Crippen LogP contribution in [-0.2, 0) is 10.2 Å². The summed E-state index contributed by atoms with van der Waals surface area (Å²) in [4.78, 5) is 12.3. The third-order valence-corrected chi connectivity index (χ3v) is 6.00. The van der Waals surface area contributed by atoms with Gasteiger partial charge in [-0.15, -0.1) is 10.2 Å². The lowest BCUT2D eigenvalue weighted by Crippen LogP contribution is -2.16. The molecule has 0 radical (unpaired) electrons. The molecule has 1 heterocycles. The highest BCUT2D eigenvalue weighted by Crippen LogP contribution is 2.27. The van der Waals surface area contributed by atoms with Crippen molar-refractivity contribution in [2.45, 2.75) is 38.3 Å². The Morgan fingerprint density at radius 1 is 1.17 bits per heavy atom. The first-order chi connectivity index (χ1) is 13.6. The quantitative estimate of drug-likeness (QED) is 0.412. The van der Waals surface area contributed by atoms with Crippen LogP contribution in [0.2, 0.25) is 0 Å². The summed E-state index contributed by atoms with van der Waals surface area (Å²) in [6, 6.07) is 13.9. The molecular formula is C21H24BrN5OS. The van der Waals surface area contributed by atoms with Crippen LogP contribution in [0.4, 0.5) is 5.69 Å². The zero-order valence-corrected chi connectivity index (χ0v) is 19.3. The van der Waals surface area contributed by atoms with E-state index in [1.807, 2.05) is 37.3 Å². The van der Waals surface area contributed by atoms with Gasteiger partial charge in [0.2, 0.25) is 11.1 Å². The largest absolute Gasteiger partial charge is 0.335 e. The molecule has 0 fully saturated rings. The van der Waals surface area contributed by atoms with Crippen LogP contribution in [0.25, 0.3) is 11.4 Å². The Kier molecular flexibility index (Phi) is 6.33. The highest BCUT2D eigenvalue weighted by atomic mass is 79.9. The van der Waals surface area contributed by atoms with Crippen molar-refractivity contribution in [3.63, 3.8) is 0 Å². The van der Waals surface area contributed by atoms with Gasteiger partial charge in [0.1, 0.15) is 0 Å². The number of carbonyl (C=O) groups is 1. The first-order valence-electron chi connectivity index (χ1n) is 9.15. The fourth-order valence-corrected chi connectivity index (χ4v) is 3.98. The Balaban J connectivity index is 1.66. The van der Waals surface area contributed by atoms with Crippen molar-refractivity contribution < 1.29 is 4.79 Å². The van der Waals surface area contributed by atoms with Gasteiger partial charge in [-0.1, -0.05) is 62.9 Å². The lowest BCUT2D eigenvalue weighted by Gasteiger charge is -2.19. The van der Waals surface area contributed by atoms with Crippen LogP contribution >= 0.6 is 27.7 Å². The van der Waals surface area contributed by atoms with E-state index in [0.717, 1.165) is 21.3 Å². The summed E-state index contributed by atoms with van der Waals surface area (Å²) in [7, 11) is 0. The van der Waals surface area contributed by atoms with Crippen molar-refractivity contribution in [1.82, 2.24) is 14.9 Å². The molecule has 3 rings (SSSR count).